The lowest BCUT2D eigenvalue weighted by molar-refractivity contribution is -0.137. The summed E-state index contributed by atoms with van der Waals surface area (Å²) in [4.78, 5) is 10.3. The van der Waals surface area contributed by atoms with Gasteiger partial charge in [0.25, 0.3) is 0 Å². The van der Waals surface area contributed by atoms with E-state index in [0.29, 0.717) is 0 Å². The maximum Gasteiger partial charge on any atom is 0.303 e. The fraction of sp³-hybridized carbons (Fsp3) is 0.900. The lowest BCUT2D eigenvalue weighted by Crippen LogP contribution is -2.39. The first-order valence-corrected chi connectivity index (χ1v) is 7.42. The van der Waals surface area contributed by atoms with Gasteiger partial charge in [0.2, 0.25) is 10.0 Å². The first-order chi connectivity index (χ1) is 7.94. The van der Waals surface area contributed by atoms with Gasteiger partial charge in [-0.15, -0.1) is 0 Å². The van der Waals surface area contributed by atoms with Crippen molar-refractivity contribution in [3.63, 3.8) is 0 Å². The van der Waals surface area contributed by atoms with E-state index in [4.69, 9.17) is 10.2 Å². The van der Waals surface area contributed by atoms with Crippen molar-refractivity contribution < 1.29 is 23.4 Å². The summed E-state index contributed by atoms with van der Waals surface area (Å²) in [6.07, 6.45) is 2.45. The number of nitrogens with one attached hydrogen (secondary N) is 1. The van der Waals surface area contributed by atoms with Crippen molar-refractivity contribution in [3.8, 4) is 0 Å². The lowest BCUT2D eigenvalue weighted by Gasteiger charge is -2.18. The molecule has 0 aromatic heterocycles. The average molecular weight is 265 g/mol. The zero-order valence-electron chi connectivity index (χ0n) is 9.63. The molecule has 0 aliphatic heterocycles. The summed E-state index contributed by atoms with van der Waals surface area (Å²) in [5.41, 5.74) is 0. The van der Waals surface area contributed by atoms with Crippen LogP contribution in [-0.4, -0.2) is 43.0 Å². The molecule has 1 saturated carbocycles. The van der Waals surface area contributed by atoms with E-state index in [1.165, 1.54) is 0 Å². The van der Waals surface area contributed by atoms with Crippen molar-refractivity contribution in [2.45, 2.75) is 38.1 Å². The van der Waals surface area contributed by atoms with E-state index in [1.807, 2.05) is 0 Å². The van der Waals surface area contributed by atoms with E-state index in [2.05, 4.69) is 4.72 Å². The fourth-order valence-electron chi connectivity index (χ4n) is 2.11. The maximum atomic E-state index is 11.6. The first kappa shape index (κ1) is 14.4. The molecule has 1 aliphatic carbocycles. The number of hydrogen-bond acceptors (Lipinski definition) is 4. The van der Waals surface area contributed by atoms with Gasteiger partial charge in [0.05, 0.1) is 5.75 Å². The highest BCUT2D eigenvalue weighted by Gasteiger charge is 2.29. The molecule has 2 unspecified atom stereocenters. The molecule has 100 valence electrons. The third-order valence-electron chi connectivity index (χ3n) is 3.03. The van der Waals surface area contributed by atoms with Crippen molar-refractivity contribution in [3.05, 3.63) is 0 Å². The molecule has 1 rings (SSSR count). The molecule has 7 heteroatoms. The van der Waals surface area contributed by atoms with Gasteiger partial charge < -0.3 is 10.2 Å². The smallest absolute Gasteiger partial charge is 0.303 e. The van der Waals surface area contributed by atoms with Gasteiger partial charge in [0.1, 0.15) is 0 Å². The highest BCUT2D eigenvalue weighted by molar-refractivity contribution is 7.89. The van der Waals surface area contributed by atoms with Crippen LogP contribution in [0.25, 0.3) is 0 Å². The zero-order valence-corrected chi connectivity index (χ0v) is 10.4. The standard InChI is InChI=1S/C10H19NO5S/c12-7-8-3-1-4-9(8)11-17(15,16)6-2-5-10(13)14/h8-9,11-12H,1-7H2,(H,13,14). The molecule has 0 aromatic rings. The third-order valence-corrected chi connectivity index (χ3v) is 4.52. The highest BCUT2D eigenvalue weighted by Crippen LogP contribution is 2.25. The molecule has 0 heterocycles. The van der Waals surface area contributed by atoms with Crippen LogP contribution >= 0.6 is 0 Å². The van der Waals surface area contributed by atoms with Gasteiger partial charge in [-0.05, 0) is 25.2 Å². The van der Waals surface area contributed by atoms with Crippen molar-refractivity contribution >= 4 is 16.0 Å². The molecule has 0 aromatic carbocycles. The van der Waals surface area contributed by atoms with Crippen LogP contribution in [0.1, 0.15) is 32.1 Å². The van der Waals surface area contributed by atoms with E-state index in [9.17, 15) is 13.2 Å². The van der Waals surface area contributed by atoms with Crippen LogP contribution < -0.4 is 4.72 Å². The summed E-state index contributed by atoms with van der Waals surface area (Å²) in [6, 6.07) is -0.199. The van der Waals surface area contributed by atoms with E-state index in [1.54, 1.807) is 0 Å². The van der Waals surface area contributed by atoms with Gasteiger partial charge in [-0.1, -0.05) is 6.42 Å². The number of carboxylic acids is 1. The Bertz CT molecular complexity index is 354. The van der Waals surface area contributed by atoms with Gasteiger partial charge in [0.15, 0.2) is 0 Å². The van der Waals surface area contributed by atoms with Crippen LogP contribution in [0.4, 0.5) is 0 Å². The number of hydrogen-bond donors (Lipinski definition) is 3. The van der Waals surface area contributed by atoms with Crippen molar-refractivity contribution in [1.82, 2.24) is 4.72 Å². The molecule has 1 aliphatic rings. The number of rotatable bonds is 7. The molecule has 6 nitrogen and oxygen atoms in total. The van der Waals surface area contributed by atoms with Crippen LogP contribution in [0.3, 0.4) is 0 Å². The summed E-state index contributed by atoms with van der Waals surface area (Å²) in [7, 11) is -3.43. The van der Waals surface area contributed by atoms with Gasteiger partial charge in [-0.25, -0.2) is 13.1 Å². The minimum Gasteiger partial charge on any atom is -0.481 e. The second-order valence-corrected chi connectivity index (χ2v) is 6.29. The van der Waals surface area contributed by atoms with Crippen molar-refractivity contribution in [2.24, 2.45) is 5.92 Å². The Morgan fingerprint density at radius 2 is 2.06 bits per heavy atom. The Kier molecular flexibility index (Phi) is 5.35. The minimum atomic E-state index is -3.43. The molecule has 2 atom stereocenters. The predicted molar refractivity (Wildman–Crippen MR) is 62.0 cm³/mol. The number of carbonyl (C=O) groups is 1. The van der Waals surface area contributed by atoms with Gasteiger partial charge in [-0.3, -0.25) is 4.79 Å². The van der Waals surface area contributed by atoms with Crippen LogP contribution in [0.2, 0.25) is 0 Å². The van der Waals surface area contributed by atoms with E-state index >= 15 is 0 Å². The maximum absolute atomic E-state index is 11.6. The van der Waals surface area contributed by atoms with Gasteiger partial charge in [-0.2, -0.15) is 0 Å². The summed E-state index contributed by atoms with van der Waals surface area (Å²) < 4.78 is 25.8. The van der Waals surface area contributed by atoms with E-state index in [-0.39, 0.29) is 37.2 Å². The number of aliphatic hydroxyl groups excluding tert-OH is 1. The monoisotopic (exact) mass is 265 g/mol. The second kappa shape index (κ2) is 6.32. The topological polar surface area (TPSA) is 104 Å². The van der Waals surface area contributed by atoms with Gasteiger partial charge >= 0.3 is 5.97 Å². The van der Waals surface area contributed by atoms with E-state index < -0.39 is 16.0 Å². The normalized spacial score (nSPS) is 25.0. The fourth-order valence-corrected chi connectivity index (χ4v) is 3.53. The largest absolute Gasteiger partial charge is 0.481 e. The Hall–Kier alpha value is -0.660. The predicted octanol–water partition coefficient (Wildman–Crippen LogP) is -0.0684. The van der Waals surface area contributed by atoms with Crippen LogP contribution in [0.15, 0.2) is 0 Å². The summed E-state index contributed by atoms with van der Waals surface area (Å²) in [5.74, 6) is -1.17. The molecule has 0 bridgehead atoms. The Morgan fingerprint density at radius 1 is 1.35 bits per heavy atom. The second-order valence-electron chi connectivity index (χ2n) is 4.41. The summed E-state index contributed by atoms with van der Waals surface area (Å²) in [6.45, 7) is -0.0116. The van der Waals surface area contributed by atoms with Crippen molar-refractivity contribution in [2.75, 3.05) is 12.4 Å². The average Bonchev–Trinajstić information content (AvgIpc) is 2.63. The molecule has 17 heavy (non-hydrogen) atoms. The Balaban J connectivity index is 2.40. The first-order valence-electron chi connectivity index (χ1n) is 5.77. The molecule has 0 spiro atoms. The minimum absolute atomic E-state index is 0.00995. The zero-order chi connectivity index (χ0) is 12.9. The summed E-state index contributed by atoms with van der Waals surface area (Å²) >= 11 is 0. The number of carboxylic acid groups (broad SMARTS) is 1. The summed E-state index contributed by atoms with van der Waals surface area (Å²) in [5, 5.41) is 17.5. The number of sulfonamides is 1. The number of aliphatic hydroxyl groups is 1. The molecule has 1 fully saturated rings. The molecule has 0 radical (unpaired) electrons. The SMILES string of the molecule is O=C(O)CCCS(=O)(=O)NC1CCCC1CO. The van der Waals surface area contributed by atoms with Gasteiger partial charge in [0, 0.05) is 19.1 Å². The third kappa shape index (κ3) is 5.01. The molecular formula is C10H19NO5S. The van der Waals surface area contributed by atoms with Crippen LogP contribution in [-0.2, 0) is 14.8 Å². The molecular weight excluding hydrogens is 246 g/mol. The Labute approximate surface area is 101 Å². The van der Waals surface area contributed by atoms with Crippen LogP contribution in [0.5, 0.6) is 0 Å². The molecule has 0 saturated heterocycles. The molecule has 3 N–H and O–H groups in total. The lowest BCUT2D eigenvalue weighted by atomic mass is 10.1. The van der Waals surface area contributed by atoms with E-state index in [0.717, 1.165) is 19.3 Å². The Morgan fingerprint density at radius 3 is 2.65 bits per heavy atom. The van der Waals surface area contributed by atoms with Crippen LogP contribution in [0, 0.1) is 5.92 Å². The van der Waals surface area contributed by atoms with Crippen molar-refractivity contribution in [1.29, 1.82) is 0 Å². The quantitative estimate of drug-likeness (QED) is 0.598. The molecule has 0 amide bonds. The number of aliphatic carboxylic acids is 1. The highest BCUT2D eigenvalue weighted by atomic mass is 32.2.